The molecule has 3 rings (SSSR count). The molecule has 0 aromatic carbocycles. The first-order valence-corrected chi connectivity index (χ1v) is 5.67. The molecule has 0 spiro atoms. The highest BCUT2D eigenvalue weighted by Crippen LogP contribution is 2.25. The van der Waals surface area contributed by atoms with Crippen LogP contribution in [0.5, 0.6) is 0 Å². The molecule has 2 N–H and O–H groups in total. The van der Waals surface area contributed by atoms with Crippen LogP contribution in [0.25, 0.3) is 0 Å². The molecule has 1 atom stereocenters. The molecule has 0 radical (unpaired) electrons. The second-order valence-corrected chi connectivity index (χ2v) is 4.54. The van der Waals surface area contributed by atoms with Crippen molar-refractivity contribution in [3.05, 3.63) is 17.2 Å². The maximum absolute atomic E-state index is 5.99. The van der Waals surface area contributed by atoms with Gasteiger partial charge in [-0.1, -0.05) is 0 Å². The van der Waals surface area contributed by atoms with Gasteiger partial charge in [0.1, 0.15) is 5.82 Å². The zero-order chi connectivity index (χ0) is 9.54. The van der Waals surface area contributed by atoms with Crippen molar-refractivity contribution in [2.75, 3.05) is 0 Å². The molecule has 0 bridgehead atoms. The Balaban J connectivity index is 2.05. The Bertz CT molecular complexity index is 354. The van der Waals surface area contributed by atoms with Crippen molar-refractivity contribution in [3.8, 4) is 0 Å². The van der Waals surface area contributed by atoms with Crippen LogP contribution in [0.3, 0.4) is 0 Å². The summed E-state index contributed by atoms with van der Waals surface area (Å²) in [6.07, 6.45) is 7.23. The Morgan fingerprint density at radius 1 is 1.21 bits per heavy atom. The molecule has 3 heteroatoms. The summed E-state index contributed by atoms with van der Waals surface area (Å²) in [5.74, 6) is 1.29. The number of hydrogen-bond acceptors (Lipinski definition) is 2. The summed E-state index contributed by atoms with van der Waals surface area (Å²) in [4.78, 5) is 4.73. The summed E-state index contributed by atoms with van der Waals surface area (Å²) >= 11 is 0. The third-order valence-electron chi connectivity index (χ3n) is 3.47. The number of imidazole rings is 1. The minimum Gasteiger partial charge on any atom is -0.330 e. The van der Waals surface area contributed by atoms with Crippen molar-refractivity contribution < 1.29 is 0 Å². The van der Waals surface area contributed by atoms with E-state index >= 15 is 0 Å². The van der Waals surface area contributed by atoms with Gasteiger partial charge < -0.3 is 10.3 Å². The van der Waals surface area contributed by atoms with Gasteiger partial charge in [0.25, 0.3) is 0 Å². The summed E-state index contributed by atoms with van der Waals surface area (Å²) in [5, 5.41) is 0. The SMILES string of the molecule is N[C@@H]1CCc2nc3c(n2C1)CCCC3. The highest BCUT2D eigenvalue weighted by Gasteiger charge is 2.24. The Kier molecular flexibility index (Phi) is 1.87. The predicted octanol–water partition coefficient (Wildman–Crippen LogP) is 1.04. The van der Waals surface area contributed by atoms with Crippen LogP contribution in [0, 0.1) is 0 Å². The van der Waals surface area contributed by atoms with Crippen LogP contribution < -0.4 is 5.73 Å². The lowest BCUT2D eigenvalue weighted by molar-refractivity contribution is 0.440. The van der Waals surface area contributed by atoms with Crippen molar-refractivity contribution in [1.82, 2.24) is 9.55 Å². The summed E-state index contributed by atoms with van der Waals surface area (Å²) in [5.41, 5.74) is 8.84. The van der Waals surface area contributed by atoms with E-state index in [9.17, 15) is 0 Å². The Morgan fingerprint density at radius 2 is 2.07 bits per heavy atom. The molecule has 0 saturated heterocycles. The maximum atomic E-state index is 5.99. The van der Waals surface area contributed by atoms with Gasteiger partial charge in [-0.15, -0.1) is 0 Å². The molecule has 0 unspecified atom stereocenters. The van der Waals surface area contributed by atoms with Gasteiger partial charge in [0.2, 0.25) is 0 Å². The minimum atomic E-state index is 0.350. The first-order valence-electron chi connectivity index (χ1n) is 5.67. The van der Waals surface area contributed by atoms with Gasteiger partial charge in [0.05, 0.1) is 5.69 Å². The lowest BCUT2D eigenvalue weighted by atomic mass is 10.0. The van der Waals surface area contributed by atoms with E-state index in [1.165, 1.54) is 42.9 Å². The summed E-state index contributed by atoms with van der Waals surface area (Å²) < 4.78 is 2.39. The number of rotatable bonds is 0. The average molecular weight is 191 g/mol. The minimum absolute atomic E-state index is 0.350. The van der Waals surface area contributed by atoms with Crippen LogP contribution >= 0.6 is 0 Å². The van der Waals surface area contributed by atoms with Gasteiger partial charge in [-0.25, -0.2) is 4.98 Å². The molecule has 2 heterocycles. The van der Waals surface area contributed by atoms with E-state index in [1.54, 1.807) is 0 Å². The first kappa shape index (κ1) is 8.48. The highest BCUT2D eigenvalue weighted by atomic mass is 15.1. The molecular weight excluding hydrogens is 174 g/mol. The van der Waals surface area contributed by atoms with Crippen LogP contribution in [0.1, 0.15) is 36.5 Å². The Morgan fingerprint density at radius 3 is 3.00 bits per heavy atom. The van der Waals surface area contributed by atoms with Crippen LogP contribution in [0.15, 0.2) is 0 Å². The van der Waals surface area contributed by atoms with E-state index in [2.05, 4.69) is 4.57 Å². The fraction of sp³-hybridized carbons (Fsp3) is 0.727. The third kappa shape index (κ3) is 1.19. The number of aryl methyl sites for hydroxylation is 2. The average Bonchev–Trinajstić information content (AvgIpc) is 2.56. The number of nitrogens with zero attached hydrogens (tertiary/aromatic N) is 2. The van der Waals surface area contributed by atoms with Crippen molar-refractivity contribution in [1.29, 1.82) is 0 Å². The molecule has 0 fully saturated rings. The van der Waals surface area contributed by atoms with Crippen LogP contribution in [-0.4, -0.2) is 15.6 Å². The summed E-state index contributed by atoms with van der Waals surface area (Å²) in [7, 11) is 0. The molecule has 1 aliphatic heterocycles. The largest absolute Gasteiger partial charge is 0.330 e. The van der Waals surface area contributed by atoms with E-state index in [0.717, 1.165) is 19.4 Å². The Labute approximate surface area is 84.3 Å². The number of hydrogen-bond donors (Lipinski definition) is 1. The van der Waals surface area contributed by atoms with Crippen LogP contribution in [-0.2, 0) is 25.8 Å². The van der Waals surface area contributed by atoms with Gasteiger partial charge in [-0.05, 0) is 32.1 Å². The summed E-state index contributed by atoms with van der Waals surface area (Å²) in [6.45, 7) is 0.998. The number of nitrogens with two attached hydrogens (primary N) is 1. The van der Waals surface area contributed by atoms with Gasteiger partial charge in [-0.2, -0.15) is 0 Å². The smallest absolute Gasteiger partial charge is 0.109 e. The van der Waals surface area contributed by atoms with E-state index in [4.69, 9.17) is 10.7 Å². The van der Waals surface area contributed by atoms with Crippen LogP contribution in [0.2, 0.25) is 0 Å². The van der Waals surface area contributed by atoms with Crippen molar-refractivity contribution in [3.63, 3.8) is 0 Å². The maximum Gasteiger partial charge on any atom is 0.109 e. The fourth-order valence-electron chi connectivity index (χ4n) is 2.70. The summed E-state index contributed by atoms with van der Waals surface area (Å²) in [6, 6.07) is 0.350. The molecular formula is C11H17N3. The van der Waals surface area contributed by atoms with Crippen molar-refractivity contribution in [2.24, 2.45) is 5.73 Å². The lowest BCUT2D eigenvalue weighted by Crippen LogP contribution is -2.32. The molecule has 76 valence electrons. The van der Waals surface area contributed by atoms with E-state index in [0.29, 0.717) is 6.04 Å². The molecule has 0 amide bonds. The van der Waals surface area contributed by atoms with Crippen molar-refractivity contribution in [2.45, 2.75) is 51.1 Å². The molecule has 0 saturated carbocycles. The van der Waals surface area contributed by atoms with Crippen LogP contribution in [0.4, 0.5) is 0 Å². The monoisotopic (exact) mass is 191 g/mol. The second kappa shape index (κ2) is 3.09. The van der Waals surface area contributed by atoms with E-state index in [-0.39, 0.29) is 0 Å². The normalized spacial score (nSPS) is 25.6. The van der Waals surface area contributed by atoms with Gasteiger partial charge in [-0.3, -0.25) is 0 Å². The molecule has 1 aromatic rings. The quantitative estimate of drug-likeness (QED) is 0.665. The van der Waals surface area contributed by atoms with E-state index < -0.39 is 0 Å². The van der Waals surface area contributed by atoms with Gasteiger partial charge >= 0.3 is 0 Å². The van der Waals surface area contributed by atoms with Gasteiger partial charge in [0, 0.05) is 24.7 Å². The first-order chi connectivity index (χ1) is 6.84. The molecule has 3 nitrogen and oxygen atoms in total. The molecule has 1 aliphatic carbocycles. The zero-order valence-corrected chi connectivity index (χ0v) is 8.50. The second-order valence-electron chi connectivity index (χ2n) is 4.54. The Hall–Kier alpha value is -0.830. The standard InChI is InChI=1S/C11H17N3/c12-8-5-6-11-13-9-3-1-2-4-10(9)14(11)7-8/h8H,1-7,12H2/t8-/m1/s1. The van der Waals surface area contributed by atoms with Gasteiger partial charge in [0.15, 0.2) is 0 Å². The molecule has 14 heavy (non-hydrogen) atoms. The van der Waals surface area contributed by atoms with Crippen molar-refractivity contribution >= 4 is 0 Å². The molecule has 2 aliphatic rings. The number of aromatic nitrogens is 2. The van der Waals surface area contributed by atoms with E-state index in [1.807, 2.05) is 0 Å². The predicted molar refractivity (Wildman–Crippen MR) is 55.2 cm³/mol. The topological polar surface area (TPSA) is 43.8 Å². The third-order valence-corrected chi connectivity index (χ3v) is 3.47. The lowest BCUT2D eigenvalue weighted by Gasteiger charge is -2.22. The molecule has 1 aromatic heterocycles. The number of fused-ring (bicyclic) bond motifs is 3. The zero-order valence-electron chi connectivity index (χ0n) is 8.50. The fourth-order valence-corrected chi connectivity index (χ4v) is 2.70. The highest BCUT2D eigenvalue weighted by molar-refractivity contribution is 5.21.